The lowest BCUT2D eigenvalue weighted by molar-refractivity contribution is -0.128. The zero-order chi connectivity index (χ0) is 18.9. The third-order valence-corrected chi connectivity index (χ3v) is 5.23. The van der Waals surface area contributed by atoms with Crippen molar-refractivity contribution in [3.8, 4) is 5.75 Å². The van der Waals surface area contributed by atoms with Gasteiger partial charge in [0.15, 0.2) is 6.10 Å². The van der Waals surface area contributed by atoms with Gasteiger partial charge >= 0.3 is 0 Å². The summed E-state index contributed by atoms with van der Waals surface area (Å²) in [5, 5.41) is 3.73. The molecule has 5 heteroatoms. The Hall–Kier alpha value is -1.65. The van der Waals surface area contributed by atoms with Gasteiger partial charge in [0.1, 0.15) is 5.75 Å². The number of aryl methyl sites for hydroxylation is 2. The van der Waals surface area contributed by atoms with Gasteiger partial charge in [0.2, 0.25) is 0 Å². The lowest BCUT2D eigenvalue weighted by Crippen LogP contribution is -2.39. The molecule has 0 fully saturated rings. The van der Waals surface area contributed by atoms with E-state index in [9.17, 15) is 4.79 Å². The fourth-order valence-corrected chi connectivity index (χ4v) is 3.60. The number of rotatable bonds is 9. The van der Waals surface area contributed by atoms with Crippen molar-refractivity contribution in [2.45, 2.75) is 39.0 Å². The van der Waals surface area contributed by atoms with Crippen molar-refractivity contribution in [3.63, 3.8) is 0 Å². The van der Waals surface area contributed by atoms with Gasteiger partial charge in [0.05, 0.1) is 0 Å². The van der Waals surface area contributed by atoms with Crippen LogP contribution in [-0.4, -0.2) is 24.3 Å². The maximum atomic E-state index is 12.4. The summed E-state index contributed by atoms with van der Waals surface area (Å²) in [5.74, 6) is 2.44. The molecule has 2 aromatic carbocycles. The molecule has 0 saturated heterocycles. The van der Waals surface area contributed by atoms with Crippen LogP contribution in [0.3, 0.4) is 0 Å². The van der Waals surface area contributed by atoms with Crippen LogP contribution >= 0.6 is 23.4 Å². The molecule has 1 amide bonds. The van der Waals surface area contributed by atoms with Crippen LogP contribution in [0.25, 0.3) is 0 Å². The second-order valence-corrected chi connectivity index (χ2v) is 7.80. The van der Waals surface area contributed by atoms with Crippen LogP contribution in [0.4, 0.5) is 0 Å². The van der Waals surface area contributed by atoms with Crippen molar-refractivity contribution < 1.29 is 9.53 Å². The normalized spacial score (nSPS) is 11.8. The van der Waals surface area contributed by atoms with Gasteiger partial charge in [-0.2, -0.15) is 11.8 Å². The molecule has 0 heterocycles. The first-order valence-electron chi connectivity index (χ1n) is 8.83. The molecular weight excluding hydrogens is 366 g/mol. The van der Waals surface area contributed by atoms with E-state index >= 15 is 0 Å². The van der Waals surface area contributed by atoms with Crippen LogP contribution < -0.4 is 10.1 Å². The third kappa shape index (κ3) is 6.58. The molecule has 26 heavy (non-hydrogen) atoms. The standard InChI is InChI=1S/C21H26ClNO2S/c1-4-19(25-20-9-8-15(2)12-16(20)3)21(24)23-10-11-26-14-17-6-5-7-18(22)13-17/h5-9,12-13,19H,4,10-11,14H2,1-3H3,(H,23,24)/t19-/m0/s1. The summed E-state index contributed by atoms with van der Waals surface area (Å²) in [7, 11) is 0. The molecule has 0 aromatic heterocycles. The van der Waals surface area contributed by atoms with E-state index in [1.54, 1.807) is 11.8 Å². The fourth-order valence-electron chi connectivity index (χ4n) is 2.58. The lowest BCUT2D eigenvalue weighted by atomic mass is 10.1. The van der Waals surface area contributed by atoms with Gasteiger partial charge < -0.3 is 10.1 Å². The number of amides is 1. The molecule has 3 nitrogen and oxygen atoms in total. The summed E-state index contributed by atoms with van der Waals surface area (Å²) < 4.78 is 5.92. The van der Waals surface area contributed by atoms with Crippen LogP contribution in [0.2, 0.25) is 5.02 Å². The number of nitrogens with one attached hydrogen (secondary N) is 1. The Labute approximate surface area is 165 Å². The molecule has 0 bridgehead atoms. The monoisotopic (exact) mass is 391 g/mol. The highest BCUT2D eigenvalue weighted by Crippen LogP contribution is 2.21. The molecule has 2 aromatic rings. The van der Waals surface area contributed by atoms with Gasteiger partial charge in [-0.05, 0) is 49.6 Å². The van der Waals surface area contributed by atoms with E-state index in [1.807, 2.05) is 51.1 Å². The molecule has 0 aliphatic carbocycles. The Balaban J connectivity index is 1.74. The largest absolute Gasteiger partial charge is 0.480 e. The predicted octanol–water partition coefficient (Wildman–Crippen LogP) is 5.16. The topological polar surface area (TPSA) is 38.3 Å². The Morgan fingerprint density at radius 3 is 2.73 bits per heavy atom. The summed E-state index contributed by atoms with van der Waals surface area (Å²) in [4.78, 5) is 12.4. The number of benzene rings is 2. The first-order chi connectivity index (χ1) is 12.5. The van der Waals surface area contributed by atoms with Gasteiger partial charge in [0.25, 0.3) is 5.91 Å². The van der Waals surface area contributed by atoms with Crippen LogP contribution in [-0.2, 0) is 10.5 Å². The molecule has 140 valence electrons. The van der Waals surface area contributed by atoms with Crippen LogP contribution in [0.15, 0.2) is 42.5 Å². The highest BCUT2D eigenvalue weighted by atomic mass is 35.5. The van der Waals surface area contributed by atoms with E-state index in [0.29, 0.717) is 13.0 Å². The molecule has 0 aliphatic rings. The predicted molar refractivity (Wildman–Crippen MR) is 111 cm³/mol. The Bertz CT molecular complexity index is 736. The van der Waals surface area contributed by atoms with Gasteiger partial charge in [-0.25, -0.2) is 0 Å². The fraction of sp³-hybridized carbons (Fsp3) is 0.381. The minimum Gasteiger partial charge on any atom is -0.480 e. The number of carbonyl (C=O) groups excluding carboxylic acids is 1. The molecule has 0 aliphatic heterocycles. The molecule has 0 unspecified atom stereocenters. The molecule has 2 rings (SSSR count). The number of halogens is 1. The van der Waals surface area contributed by atoms with E-state index in [4.69, 9.17) is 16.3 Å². The van der Waals surface area contributed by atoms with Crippen molar-refractivity contribution >= 4 is 29.3 Å². The van der Waals surface area contributed by atoms with Crippen molar-refractivity contribution in [3.05, 3.63) is 64.2 Å². The molecule has 0 spiro atoms. The Morgan fingerprint density at radius 2 is 2.04 bits per heavy atom. The van der Waals surface area contributed by atoms with Crippen LogP contribution in [0, 0.1) is 13.8 Å². The van der Waals surface area contributed by atoms with E-state index in [2.05, 4.69) is 17.4 Å². The van der Waals surface area contributed by atoms with Crippen molar-refractivity contribution in [1.29, 1.82) is 0 Å². The quantitative estimate of drug-likeness (QED) is 0.599. The Morgan fingerprint density at radius 1 is 1.23 bits per heavy atom. The number of carbonyl (C=O) groups is 1. The van der Waals surface area contributed by atoms with E-state index < -0.39 is 6.10 Å². The molecular formula is C21H26ClNO2S. The molecule has 1 N–H and O–H groups in total. The van der Waals surface area contributed by atoms with E-state index in [1.165, 1.54) is 11.1 Å². The van der Waals surface area contributed by atoms with Crippen LogP contribution in [0.1, 0.15) is 30.0 Å². The minimum absolute atomic E-state index is 0.0594. The zero-order valence-electron chi connectivity index (χ0n) is 15.5. The molecule has 1 atom stereocenters. The average molecular weight is 392 g/mol. The van der Waals surface area contributed by atoms with Crippen LogP contribution in [0.5, 0.6) is 5.75 Å². The zero-order valence-corrected chi connectivity index (χ0v) is 17.1. The smallest absolute Gasteiger partial charge is 0.261 e. The summed E-state index contributed by atoms with van der Waals surface area (Å²) in [6.07, 6.45) is 0.170. The summed E-state index contributed by atoms with van der Waals surface area (Å²) in [6, 6.07) is 13.8. The lowest BCUT2D eigenvalue weighted by Gasteiger charge is -2.19. The summed E-state index contributed by atoms with van der Waals surface area (Å²) in [6.45, 7) is 6.62. The highest BCUT2D eigenvalue weighted by Gasteiger charge is 2.18. The van der Waals surface area contributed by atoms with Gasteiger partial charge in [0, 0.05) is 23.1 Å². The van der Waals surface area contributed by atoms with Crippen molar-refractivity contribution in [1.82, 2.24) is 5.32 Å². The van der Waals surface area contributed by atoms with E-state index in [0.717, 1.165) is 27.8 Å². The second-order valence-electron chi connectivity index (χ2n) is 6.26. The van der Waals surface area contributed by atoms with E-state index in [-0.39, 0.29) is 5.91 Å². The third-order valence-electron chi connectivity index (χ3n) is 3.97. The first-order valence-corrected chi connectivity index (χ1v) is 10.4. The number of hydrogen-bond donors (Lipinski definition) is 1. The van der Waals surface area contributed by atoms with Crippen molar-refractivity contribution in [2.24, 2.45) is 0 Å². The highest BCUT2D eigenvalue weighted by molar-refractivity contribution is 7.98. The summed E-state index contributed by atoms with van der Waals surface area (Å²) >= 11 is 7.75. The number of hydrogen-bond acceptors (Lipinski definition) is 3. The number of thioether (sulfide) groups is 1. The maximum Gasteiger partial charge on any atom is 0.261 e. The van der Waals surface area contributed by atoms with Gasteiger partial charge in [-0.1, -0.05) is 48.4 Å². The summed E-state index contributed by atoms with van der Waals surface area (Å²) in [5.41, 5.74) is 3.43. The Kier molecular flexibility index (Phi) is 8.33. The SMILES string of the molecule is CC[C@H](Oc1ccc(C)cc1C)C(=O)NCCSCc1cccc(Cl)c1. The number of ether oxygens (including phenoxy) is 1. The average Bonchev–Trinajstić information content (AvgIpc) is 2.60. The van der Waals surface area contributed by atoms with Gasteiger partial charge in [-0.15, -0.1) is 0 Å². The van der Waals surface area contributed by atoms with Crippen molar-refractivity contribution in [2.75, 3.05) is 12.3 Å². The minimum atomic E-state index is -0.464. The molecule has 0 radical (unpaired) electrons. The van der Waals surface area contributed by atoms with Gasteiger partial charge in [-0.3, -0.25) is 4.79 Å². The molecule has 0 saturated carbocycles. The first kappa shape index (κ1) is 20.7. The maximum absolute atomic E-state index is 12.4. The second kappa shape index (κ2) is 10.5.